The molecule has 2 N–H and O–H groups in total. The Hall–Kier alpha value is -1.67. The van der Waals surface area contributed by atoms with Gasteiger partial charge in [-0.25, -0.2) is 17.9 Å². The van der Waals surface area contributed by atoms with Gasteiger partial charge in [-0.2, -0.15) is 0 Å². The molecular formula is C9H12N2O5S. The molecule has 0 aromatic carbocycles. The minimum absolute atomic E-state index is 0.0941. The third-order valence-corrected chi connectivity index (χ3v) is 3.50. The van der Waals surface area contributed by atoms with E-state index in [2.05, 4.69) is 4.72 Å². The van der Waals surface area contributed by atoms with Crippen LogP contribution in [0.15, 0.2) is 23.1 Å². The molecule has 7 nitrogen and oxygen atoms in total. The average molecular weight is 260 g/mol. The van der Waals surface area contributed by atoms with Crippen molar-refractivity contribution >= 4 is 16.0 Å². The van der Waals surface area contributed by atoms with Crippen LogP contribution in [0, 0.1) is 0 Å². The molecule has 1 aromatic rings. The Bertz CT molecular complexity index is 575. The van der Waals surface area contributed by atoms with Crippen molar-refractivity contribution in [2.75, 3.05) is 12.8 Å². The molecule has 0 saturated heterocycles. The summed E-state index contributed by atoms with van der Waals surface area (Å²) in [6.45, 7) is -0.0941. The Morgan fingerprint density at radius 1 is 1.53 bits per heavy atom. The van der Waals surface area contributed by atoms with Gasteiger partial charge >= 0.3 is 5.97 Å². The standard InChI is InChI=1S/C9H12N2O5S/c1-10-17(15,16)6-5-11-4-2-3-7(8(11)12)9(13)14/h2-4,10H,5-6H2,1H3,(H,13,14). The van der Waals surface area contributed by atoms with Gasteiger partial charge < -0.3 is 9.67 Å². The molecule has 8 heteroatoms. The van der Waals surface area contributed by atoms with Gasteiger partial charge in [0.2, 0.25) is 10.0 Å². The van der Waals surface area contributed by atoms with Crippen LogP contribution in [0.5, 0.6) is 0 Å². The van der Waals surface area contributed by atoms with Gasteiger partial charge in [-0.3, -0.25) is 4.79 Å². The number of hydrogen-bond donors (Lipinski definition) is 2. The van der Waals surface area contributed by atoms with E-state index in [0.717, 1.165) is 4.57 Å². The molecule has 0 spiro atoms. The highest BCUT2D eigenvalue weighted by molar-refractivity contribution is 7.89. The van der Waals surface area contributed by atoms with Gasteiger partial charge in [-0.05, 0) is 19.2 Å². The van der Waals surface area contributed by atoms with Gasteiger partial charge in [0.05, 0.1) is 5.75 Å². The highest BCUT2D eigenvalue weighted by atomic mass is 32.2. The molecule has 1 rings (SSSR count). The molecule has 0 saturated carbocycles. The summed E-state index contributed by atoms with van der Waals surface area (Å²) in [6, 6.07) is 2.56. The number of aromatic carboxylic acids is 1. The van der Waals surface area contributed by atoms with E-state index in [1.165, 1.54) is 25.4 Å². The molecule has 0 fully saturated rings. The third-order valence-electron chi connectivity index (χ3n) is 2.16. The molecule has 0 aliphatic rings. The van der Waals surface area contributed by atoms with Crippen molar-refractivity contribution in [2.24, 2.45) is 0 Å². The number of nitrogens with zero attached hydrogens (tertiary/aromatic N) is 1. The lowest BCUT2D eigenvalue weighted by Gasteiger charge is -2.06. The highest BCUT2D eigenvalue weighted by Crippen LogP contribution is 1.93. The predicted octanol–water partition coefficient (Wildman–Crippen LogP) is -0.904. The minimum atomic E-state index is -3.42. The van der Waals surface area contributed by atoms with Crippen LogP contribution >= 0.6 is 0 Å². The number of sulfonamides is 1. The van der Waals surface area contributed by atoms with Crippen LogP contribution < -0.4 is 10.3 Å². The number of pyridine rings is 1. The minimum Gasteiger partial charge on any atom is -0.477 e. The van der Waals surface area contributed by atoms with E-state index in [9.17, 15) is 18.0 Å². The van der Waals surface area contributed by atoms with Gasteiger partial charge in [0.1, 0.15) is 5.56 Å². The topological polar surface area (TPSA) is 105 Å². The van der Waals surface area contributed by atoms with Crippen molar-refractivity contribution in [1.82, 2.24) is 9.29 Å². The summed E-state index contributed by atoms with van der Waals surface area (Å²) in [5.41, 5.74) is -1.10. The molecule has 0 aliphatic heterocycles. The first-order valence-electron chi connectivity index (χ1n) is 4.71. The molecule has 0 unspecified atom stereocenters. The first-order chi connectivity index (χ1) is 7.87. The number of nitrogens with one attached hydrogen (secondary N) is 1. The van der Waals surface area contributed by atoms with Crippen LogP contribution in [0.1, 0.15) is 10.4 Å². The van der Waals surface area contributed by atoms with Gasteiger partial charge in [0.15, 0.2) is 0 Å². The zero-order chi connectivity index (χ0) is 13.1. The number of rotatable bonds is 5. The Morgan fingerprint density at radius 2 is 2.18 bits per heavy atom. The van der Waals surface area contributed by atoms with Crippen molar-refractivity contribution in [2.45, 2.75) is 6.54 Å². The van der Waals surface area contributed by atoms with E-state index in [0.29, 0.717) is 0 Å². The molecule has 0 aliphatic carbocycles. The molecule has 0 atom stereocenters. The Kier molecular flexibility index (Phi) is 4.02. The molecular weight excluding hydrogens is 248 g/mol. The Labute approximate surface area is 97.7 Å². The lowest BCUT2D eigenvalue weighted by Crippen LogP contribution is -2.31. The normalized spacial score (nSPS) is 11.4. The molecule has 0 amide bonds. The number of hydrogen-bond acceptors (Lipinski definition) is 4. The van der Waals surface area contributed by atoms with Gasteiger partial charge in [0.25, 0.3) is 5.56 Å². The zero-order valence-electron chi connectivity index (χ0n) is 9.08. The van der Waals surface area contributed by atoms with Crippen LogP contribution in [0.4, 0.5) is 0 Å². The zero-order valence-corrected chi connectivity index (χ0v) is 9.90. The summed E-state index contributed by atoms with van der Waals surface area (Å²) in [4.78, 5) is 22.3. The highest BCUT2D eigenvalue weighted by Gasteiger charge is 2.12. The summed E-state index contributed by atoms with van der Waals surface area (Å²) in [6.07, 6.45) is 1.35. The third kappa shape index (κ3) is 3.40. The predicted molar refractivity (Wildman–Crippen MR) is 60.5 cm³/mol. The number of carboxylic acid groups (broad SMARTS) is 1. The molecule has 1 heterocycles. The lowest BCUT2D eigenvalue weighted by atomic mass is 10.3. The first-order valence-corrected chi connectivity index (χ1v) is 6.36. The molecule has 94 valence electrons. The average Bonchev–Trinajstić information content (AvgIpc) is 2.27. The van der Waals surface area contributed by atoms with Crippen molar-refractivity contribution < 1.29 is 18.3 Å². The summed E-state index contributed by atoms with van der Waals surface area (Å²) >= 11 is 0. The summed E-state index contributed by atoms with van der Waals surface area (Å²) in [7, 11) is -2.16. The second-order valence-corrected chi connectivity index (χ2v) is 5.29. The monoisotopic (exact) mass is 260 g/mol. The maximum atomic E-state index is 11.6. The Morgan fingerprint density at radius 3 is 2.71 bits per heavy atom. The fraction of sp³-hybridized carbons (Fsp3) is 0.333. The summed E-state index contributed by atoms with van der Waals surface area (Å²) < 4.78 is 25.5. The van der Waals surface area contributed by atoms with E-state index >= 15 is 0 Å². The van der Waals surface area contributed by atoms with Crippen molar-refractivity contribution in [1.29, 1.82) is 0 Å². The van der Waals surface area contributed by atoms with Gasteiger partial charge in [-0.15, -0.1) is 0 Å². The van der Waals surface area contributed by atoms with Crippen LogP contribution in [-0.2, 0) is 16.6 Å². The Balaban J connectivity index is 2.98. The second-order valence-electron chi connectivity index (χ2n) is 3.25. The largest absolute Gasteiger partial charge is 0.477 e. The van der Waals surface area contributed by atoms with Crippen LogP contribution in [0.25, 0.3) is 0 Å². The van der Waals surface area contributed by atoms with E-state index in [1.54, 1.807) is 0 Å². The molecule has 1 aromatic heterocycles. The lowest BCUT2D eigenvalue weighted by molar-refractivity contribution is 0.0694. The SMILES string of the molecule is CNS(=O)(=O)CCn1cccc(C(=O)O)c1=O. The van der Waals surface area contributed by atoms with Crippen molar-refractivity contribution in [3.8, 4) is 0 Å². The summed E-state index contributed by atoms with van der Waals surface area (Å²) in [5, 5.41) is 8.72. The van der Waals surface area contributed by atoms with E-state index in [1.807, 2.05) is 0 Å². The van der Waals surface area contributed by atoms with E-state index in [4.69, 9.17) is 5.11 Å². The van der Waals surface area contributed by atoms with E-state index in [-0.39, 0.29) is 17.9 Å². The van der Waals surface area contributed by atoms with Crippen molar-refractivity contribution in [3.05, 3.63) is 34.2 Å². The van der Waals surface area contributed by atoms with Crippen LogP contribution in [0.3, 0.4) is 0 Å². The van der Waals surface area contributed by atoms with E-state index < -0.39 is 21.6 Å². The quantitative estimate of drug-likeness (QED) is 0.713. The van der Waals surface area contributed by atoms with Crippen molar-refractivity contribution in [3.63, 3.8) is 0 Å². The molecule has 17 heavy (non-hydrogen) atoms. The van der Waals surface area contributed by atoms with Crippen LogP contribution in [0.2, 0.25) is 0 Å². The fourth-order valence-electron chi connectivity index (χ4n) is 1.20. The number of carboxylic acids is 1. The summed E-state index contributed by atoms with van der Waals surface area (Å²) in [5.74, 6) is -1.62. The molecule has 0 radical (unpaired) electrons. The van der Waals surface area contributed by atoms with Gasteiger partial charge in [-0.1, -0.05) is 0 Å². The number of aryl methyl sites for hydroxylation is 1. The molecule has 0 bridgehead atoms. The number of carbonyl (C=O) groups is 1. The first kappa shape index (κ1) is 13.4. The van der Waals surface area contributed by atoms with Gasteiger partial charge in [0, 0.05) is 12.7 Å². The fourth-order valence-corrected chi connectivity index (χ4v) is 1.84. The number of aromatic nitrogens is 1. The van der Waals surface area contributed by atoms with Crippen LogP contribution in [-0.4, -0.2) is 36.9 Å². The smallest absolute Gasteiger partial charge is 0.341 e. The maximum absolute atomic E-state index is 11.6. The maximum Gasteiger partial charge on any atom is 0.341 e. The second kappa shape index (κ2) is 5.11.